The number of H-pyrrole nitrogens is 1. The molecule has 2 aromatic carbocycles. The summed E-state index contributed by atoms with van der Waals surface area (Å²) in [4.78, 5) is 18.4. The average molecular weight is 463 g/mol. The van der Waals surface area contributed by atoms with Crippen LogP contribution in [0, 0.1) is 5.92 Å². The highest BCUT2D eigenvalue weighted by molar-refractivity contribution is 5.98. The lowest BCUT2D eigenvalue weighted by molar-refractivity contribution is -0.126. The van der Waals surface area contributed by atoms with Gasteiger partial charge in [-0.05, 0) is 67.9 Å². The van der Waals surface area contributed by atoms with Crippen molar-refractivity contribution in [2.24, 2.45) is 5.92 Å². The van der Waals surface area contributed by atoms with Crippen LogP contribution in [0.1, 0.15) is 48.2 Å². The zero-order chi connectivity index (χ0) is 23.4. The molecule has 1 aromatic heterocycles. The molecule has 3 heterocycles. The number of piperidine rings is 1. The number of fused-ring (bicyclic) bond motifs is 1. The van der Waals surface area contributed by atoms with E-state index in [2.05, 4.69) is 17.1 Å². The Morgan fingerprint density at radius 3 is 2.76 bits per heavy atom. The molecule has 6 heteroatoms. The molecule has 0 bridgehead atoms. The van der Waals surface area contributed by atoms with E-state index in [1.165, 1.54) is 5.56 Å². The first-order valence-electron chi connectivity index (χ1n) is 12.4. The third-order valence-electron chi connectivity index (χ3n) is 7.40. The number of ether oxygens (including phenoxy) is 3. The smallest absolute Gasteiger partial charge is 0.270 e. The standard InChI is InChI=1S/C28H34N2O4/c1-32-24-7-8-25-23(17-24)18-26(29-25)27(31)30-13-11-28(12-14-30)19-21(10-16-34-28)9-15-33-20-22-5-3-2-4-6-22/h2-8,17-18,21,29H,9-16,19-20H2,1H3. The van der Waals surface area contributed by atoms with E-state index in [0.29, 0.717) is 18.2 Å². The molecule has 2 aliphatic heterocycles. The van der Waals surface area contributed by atoms with Crippen molar-refractivity contribution in [2.45, 2.75) is 44.3 Å². The zero-order valence-corrected chi connectivity index (χ0v) is 19.9. The molecule has 0 aliphatic carbocycles. The van der Waals surface area contributed by atoms with Gasteiger partial charge in [0.1, 0.15) is 11.4 Å². The molecule has 5 rings (SSSR count). The van der Waals surface area contributed by atoms with Gasteiger partial charge in [-0.15, -0.1) is 0 Å². The van der Waals surface area contributed by atoms with Gasteiger partial charge in [0.2, 0.25) is 0 Å². The van der Waals surface area contributed by atoms with Crippen LogP contribution in [-0.2, 0) is 16.1 Å². The molecule has 6 nitrogen and oxygen atoms in total. The van der Waals surface area contributed by atoms with Crippen molar-refractivity contribution in [3.63, 3.8) is 0 Å². The van der Waals surface area contributed by atoms with E-state index >= 15 is 0 Å². The van der Waals surface area contributed by atoms with Gasteiger partial charge in [0.25, 0.3) is 5.91 Å². The van der Waals surface area contributed by atoms with Gasteiger partial charge in [0.15, 0.2) is 0 Å². The number of rotatable bonds is 7. The molecule has 1 unspecified atom stereocenters. The van der Waals surface area contributed by atoms with Gasteiger partial charge in [-0.25, -0.2) is 0 Å². The van der Waals surface area contributed by atoms with Gasteiger partial charge in [-0.3, -0.25) is 4.79 Å². The summed E-state index contributed by atoms with van der Waals surface area (Å²) in [5.41, 5.74) is 2.72. The maximum absolute atomic E-state index is 13.2. The topological polar surface area (TPSA) is 63.8 Å². The first kappa shape index (κ1) is 22.9. The largest absolute Gasteiger partial charge is 0.497 e. The second kappa shape index (κ2) is 10.2. The minimum Gasteiger partial charge on any atom is -0.497 e. The molecular weight excluding hydrogens is 428 g/mol. The summed E-state index contributed by atoms with van der Waals surface area (Å²) >= 11 is 0. The van der Waals surface area contributed by atoms with Crippen LogP contribution < -0.4 is 4.74 Å². The Labute approximate surface area is 201 Å². The van der Waals surface area contributed by atoms with E-state index in [1.54, 1.807) is 7.11 Å². The van der Waals surface area contributed by atoms with Crippen molar-refractivity contribution in [3.05, 3.63) is 65.9 Å². The highest BCUT2D eigenvalue weighted by Gasteiger charge is 2.41. The summed E-state index contributed by atoms with van der Waals surface area (Å²) in [6, 6.07) is 18.1. The lowest BCUT2D eigenvalue weighted by Gasteiger charge is -2.46. The lowest BCUT2D eigenvalue weighted by Crippen LogP contribution is -2.51. The molecule has 1 spiro atoms. The highest BCUT2D eigenvalue weighted by atomic mass is 16.5. The van der Waals surface area contributed by atoms with Crippen LogP contribution in [0.4, 0.5) is 0 Å². The summed E-state index contributed by atoms with van der Waals surface area (Å²) in [5, 5.41) is 0.990. The van der Waals surface area contributed by atoms with Crippen molar-refractivity contribution < 1.29 is 19.0 Å². The summed E-state index contributed by atoms with van der Waals surface area (Å²) in [6.45, 7) is 3.73. The number of likely N-dealkylation sites (tertiary alicyclic amines) is 1. The van der Waals surface area contributed by atoms with Crippen LogP contribution in [-0.4, -0.2) is 54.8 Å². The van der Waals surface area contributed by atoms with E-state index in [1.807, 2.05) is 47.4 Å². The van der Waals surface area contributed by atoms with Gasteiger partial charge >= 0.3 is 0 Å². The minimum atomic E-state index is -0.0903. The second-order valence-electron chi connectivity index (χ2n) is 9.65. The Morgan fingerprint density at radius 2 is 1.97 bits per heavy atom. The van der Waals surface area contributed by atoms with Crippen molar-refractivity contribution in [2.75, 3.05) is 33.4 Å². The number of aromatic nitrogens is 1. The predicted octanol–water partition coefficient (Wildman–Crippen LogP) is 5.18. The van der Waals surface area contributed by atoms with E-state index in [0.717, 1.165) is 75.1 Å². The fourth-order valence-electron chi connectivity index (χ4n) is 5.38. The molecule has 1 N–H and O–H groups in total. The molecule has 180 valence electrons. The molecular formula is C28H34N2O4. The Hall–Kier alpha value is -2.83. The third-order valence-corrected chi connectivity index (χ3v) is 7.40. The zero-order valence-electron chi connectivity index (χ0n) is 19.9. The van der Waals surface area contributed by atoms with Crippen molar-refractivity contribution in [1.82, 2.24) is 9.88 Å². The summed E-state index contributed by atoms with van der Waals surface area (Å²) in [5.74, 6) is 1.47. The van der Waals surface area contributed by atoms with Gasteiger partial charge < -0.3 is 24.1 Å². The number of carbonyl (C=O) groups is 1. The normalized spacial score (nSPS) is 20.0. The molecule has 2 fully saturated rings. The van der Waals surface area contributed by atoms with Crippen molar-refractivity contribution >= 4 is 16.8 Å². The van der Waals surface area contributed by atoms with Crippen LogP contribution in [0.2, 0.25) is 0 Å². The third kappa shape index (κ3) is 5.13. The second-order valence-corrected chi connectivity index (χ2v) is 9.65. The van der Waals surface area contributed by atoms with Crippen LogP contribution in [0.3, 0.4) is 0 Å². The maximum Gasteiger partial charge on any atom is 0.270 e. The number of nitrogens with zero attached hydrogens (tertiary/aromatic N) is 1. The molecule has 3 aromatic rings. The molecule has 1 amide bonds. The van der Waals surface area contributed by atoms with E-state index < -0.39 is 0 Å². The molecule has 2 saturated heterocycles. The van der Waals surface area contributed by atoms with E-state index in [9.17, 15) is 4.79 Å². The molecule has 0 radical (unpaired) electrons. The van der Waals surface area contributed by atoms with Crippen LogP contribution >= 0.6 is 0 Å². The average Bonchev–Trinajstić information content (AvgIpc) is 3.31. The number of benzene rings is 2. The minimum absolute atomic E-state index is 0.0617. The number of amides is 1. The fraction of sp³-hybridized carbons (Fsp3) is 0.464. The van der Waals surface area contributed by atoms with Crippen LogP contribution in [0.5, 0.6) is 5.75 Å². The van der Waals surface area contributed by atoms with Gasteiger partial charge in [-0.2, -0.15) is 0 Å². The molecule has 0 saturated carbocycles. The Bertz CT molecular complexity index is 1100. The molecule has 34 heavy (non-hydrogen) atoms. The van der Waals surface area contributed by atoms with Gasteiger partial charge in [0.05, 0.1) is 19.3 Å². The predicted molar refractivity (Wildman–Crippen MR) is 132 cm³/mol. The number of hydrogen-bond donors (Lipinski definition) is 1. The SMILES string of the molecule is COc1ccc2[nH]c(C(=O)N3CCC4(CC3)CC(CCOCc3ccccc3)CCO4)cc2c1. The molecule has 2 aliphatic rings. The Kier molecular flexibility index (Phi) is 6.88. The van der Waals surface area contributed by atoms with Gasteiger partial charge in [0, 0.05) is 37.2 Å². The van der Waals surface area contributed by atoms with E-state index in [4.69, 9.17) is 14.2 Å². The highest BCUT2D eigenvalue weighted by Crippen LogP contribution is 2.39. The summed E-state index contributed by atoms with van der Waals surface area (Å²) in [7, 11) is 1.65. The van der Waals surface area contributed by atoms with Crippen molar-refractivity contribution in [3.8, 4) is 5.75 Å². The van der Waals surface area contributed by atoms with Crippen LogP contribution in [0.15, 0.2) is 54.6 Å². The number of aromatic amines is 1. The van der Waals surface area contributed by atoms with Crippen LogP contribution in [0.25, 0.3) is 10.9 Å². The van der Waals surface area contributed by atoms with E-state index in [-0.39, 0.29) is 11.5 Å². The molecule has 1 atom stereocenters. The Morgan fingerprint density at radius 1 is 1.15 bits per heavy atom. The number of carbonyl (C=O) groups excluding carboxylic acids is 1. The quantitative estimate of drug-likeness (QED) is 0.491. The monoisotopic (exact) mass is 462 g/mol. The first-order valence-corrected chi connectivity index (χ1v) is 12.4. The van der Waals surface area contributed by atoms with Crippen molar-refractivity contribution in [1.29, 1.82) is 0 Å². The first-order chi connectivity index (χ1) is 16.6. The number of methoxy groups -OCH3 is 1. The number of hydrogen-bond acceptors (Lipinski definition) is 4. The lowest BCUT2D eigenvalue weighted by atomic mass is 9.78. The van der Waals surface area contributed by atoms with Gasteiger partial charge in [-0.1, -0.05) is 30.3 Å². The summed E-state index contributed by atoms with van der Waals surface area (Å²) in [6.07, 6.45) is 5.02. The Balaban J connectivity index is 1.12. The number of nitrogens with one attached hydrogen (secondary N) is 1. The maximum atomic E-state index is 13.2. The summed E-state index contributed by atoms with van der Waals surface area (Å²) < 4.78 is 17.6. The fourth-order valence-corrected chi connectivity index (χ4v) is 5.38.